The minimum atomic E-state index is -0.0982. The van der Waals surface area contributed by atoms with E-state index in [0.29, 0.717) is 11.7 Å². The van der Waals surface area contributed by atoms with Crippen LogP contribution in [0.3, 0.4) is 0 Å². The zero-order valence-corrected chi connectivity index (χ0v) is 15.6. The highest BCUT2D eigenvalue weighted by Gasteiger charge is 2.36. The Morgan fingerprint density at radius 2 is 1.88 bits per heavy atom. The van der Waals surface area contributed by atoms with Gasteiger partial charge in [0.1, 0.15) is 5.75 Å². The molecule has 0 bridgehead atoms. The molecule has 134 valence electrons. The van der Waals surface area contributed by atoms with Gasteiger partial charge in [0, 0.05) is 0 Å². The highest BCUT2D eigenvalue weighted by Crippen LogP contribution is 2.31. The largest absolute Gasteiger partial charge is 0.497 e. The molecule has 6 heteroatoms. The van der Waals surface area contributed by atoms with Gasteiger partial charge in [-0.2, -0.15) is 5.10 Å². The van der Waals surface area contributed by atoms with Gasteiger partial charge < -0.3 is 4.74 Å². The molecule has 1 fully saturated rings. The number of amides is 1. The summed E-state index contributed by atoms with van der Waals surface area (Å²) in [6.07, 6.45) is 2.47. The molecule has 1 saturated heterocycles. The van der Waals surface area contributed by atoms with Gasteiger partial charge in [-0.25, -0.2) is 0 Å². The van der Waals surface area contributed by atoms with Gasteiger partial charge in [-0.15, -0.1) is 5.10 Å². The summed E-state index contributed by atoms with van der Waals surface area (Å²) in [6, 6.07) is 17.5. The molecule has 0 radical (unpaired) electrons. The highest BCUT2D eigenvalue weighted by molar-refractivity contribution is 8.15. The van der Waals surface area contributed by atoms with Crippen molar-refractivity contribution < 1.29 is 9.53 Å². The Morgan fingerprint density at radius 3 is 2.54 bits per heavy atom. The van der Waals surface area contributed by atoms with Crippen LogP contribution in [0.5, 0.6) is 5.75 Å². The van der Waals surface area contributed by atoms with Crippen LogP contribution >= 0.6 is 11.8 Å². The quantitative estimate of drug-likeness (QED) is 0.574. The van der Waals surface area contributed by atoms with E-state index in [4.69, 9.17) is 4.74 Å². The number of amidine groups is 1. The minimum Gasteiger partial charge on any atom is -0.497 e. The number of carbonyl (C=O) groups excluding carboxylic acids is 1. The van der Waals surface area contributed by atoms with Crippen molar-refractivity contribution in [2.45, 2.75) is 25.1 Å². The van der Waals surface area contributed by atoms with Crippen LogP contribution in [0.25, 0.3) is 0 Å². The van der Waals surface area contributed by atoms with E-state index in [1.165, 1.54) is 11.8 Å². The summed E-state index contributed by atoms with van der Waals surface area (Å²) in [6.45, 7) is 2.49. The first-order valence-electron chi connectivity index (χ1n) is 8.48. The first-order valence-corrected chi connectivity index (χ1v) is 9.36. The lowest BCUT2D eigenvalue weighted by Gasteiger charge is -2.16. The smallest absolute Gasteiger partial charge is 0.242 e. The summed E-state index contributed by atoms with van der Waals surface area (Å²) < 4.78 is 5.18. The zero-order valence-electron chi connectivity index (χ0n) is 14.8. The average molecular weight is 367 g/mol. The highest BCUT2D eigenvalue weighted by atomic mass is 32.2. The van der Waals surface area contributed by atoms with Crippen molar-refractivity contribution in [3.63, 3.8) is 0 Å². The van der Waals surface area contributed by atoms with Gasteiger partial charge in [0.25, 0.3) is 0 Å². The second-order valence-electron chi connectivity index (χ2n) is 5.83. The molecule has 0 aliphatic carbocycles. The normalized spacial score (nSPS) is 18.8. The molecular weight excluding hydrogens is 346 g/mol. The molecule has 0 unspecified atom stereocenters. The number of hydrogen-bond donors (Lipinski definition) is 0. The first-order chi connectivity index (χ1) is 12.7. The molecule has 1 amide bonds. The van der Waals surface area contributed by atoms with Crippen LogP contribution in [-0.2, 0) is 11.3 Å². The van der Waals surface area contributed by atoms with E-state index in [1.54, 1.807) is 18.2 Å². The van der Waals surface area contributed by atoms with Crippen molar-refractivity contribution in [2.24, 2.45) is 10.2 Å². The Hall–Kier alpha value is -2.60. The van der Waals surface area contributed by atoms with Crippen LogP contribution in [0.2, 0.25) is 0 Å². The van der Waals surface area contributed by atoms with Crippen LogP contribution < -0.4 is 4.74 Å². The summed E-state index contributed by atoms with van der Waals surface area (Å²) in [5, 5.41) is 9.03. The van der Waals surface area contributed by atoms with Gasteiger partial charge in [0.2, 0.25) is 5.91 Å². The van der Waals surface area contributed by atoms with Gasteiger partial charge in [0.05, 0.1) is 25.1 Å². The number of thioether (sulfide) groups is 1. The lowest BCUT2D eigenvalue weighted by Crippen LogP contribution is -2.31. The molecule has 0 saturated carbocycles. The molecule has 26 heavy (non-hydrogen) atoms. The van der Waals surface area contributed by atoms with E-state index < -0.39 is 0 Å². The van der Waals surface area contributed by atoms with Gasteiger partial charge in [-0.3, -0.25) is 9.69 Å². The van der Waals surface area contributed by atoms with E-state index >= 15 is 0 Å². The van der Waals surface area contributed by atoms with Crippen LogP contribution in [0.1, 0.15) is 24.5 Å². The fraction of sp³-hybridized carbons (Fsp3) is 0.250. The molecule has 2 aromatic carbocycles. The Kier molecular flexibility index (Phi) is 6.07. The van der Waals surface area contributed by atoms with Crippen molar-refractivity contribution in [1.29, 1.82) is 0 Å². The second-order valence-corrected chi connectivity index (χ2v) is 6.99. The standard InChI is InChI=1S/C20H21N3O2S/c1-3-18-19(24)23(14-16-9-11-17(25-2)12-10-16)20(26-18)22-21-13-15-7-5-4-6-8-15/h4-13,18H,3,14H2,1-2H3/b21-13-,22-20+/t18-/m1/s1. The number of hydrogen-bond acceptors (Lipinski definition) is 5. The van der Waals surface area contributed by atoms with Crippen molar-refractivity contribution in [3.05, 3.63) is 65.7 Å². The van der Waals surface area contributed by atoms with Crippen molar-refractivity contribution in [1.82, 2.24) is 4.90 Å². The van der Waals surface area contributed by atoms with Crippen molar-refractivity contribution in [3.8, 4) is 5.75 Å². The topological polar surface area (TPSA) is 54.3 Å². The van der Waals surface area contributed by atoms with E-state index in [-0.39, 0.29) is 11.2 Å². The Bertz CT molecular complexity index is 804. The molecule has 1 heterocycles. The van der Waals surface area contributed by atoms with Gasteiger partial charge in [0.15, 0.2) is 5.17 Å². The fourth-order valence-corrected chi connectivity index (χ4v) is 3.61. The van der Waals surface area contributed by atoms with Gasteiger partial charge in [-0.05, 0) is 29.7 Å². The number of rotatable bonds is 6. The molecule has 1 aliphatic rings. The molecule has 1 aliphatic heterocycles. The molecule has 0 spiro atoms. The zero-order chi connectivity index (χ0) is 18.4. The summed E-state index contributed by atoms with van der Waals surface area (Å²) in [4.78, 5) is 14.4. The number of methoxy groups -OCH3 is 1. The van der Waals surface area contributed by atoms with E-state index in [1.807, 2.05) is 61.5 Å². The summed E-state index contributed by atoms with van der Waals surface area (Å²) in [5.74, 6) is 0.880. The maximum Gasteiger partial charge on any atom is 0.242 e. The van der Waals surface area contributed by atoms with Crippen LogP contribution in [-0.4, -0.2) is 34.5 Å². The molecular formula is C20H21N3O2S. The van der Waals surface area contributed by atoms with Crippen LogP contribution in [0.15, 0.2) is 64.8 Å². The predicted molar refractivity (Wildman–Crippen MR) is 107 cm³/mol. The molecule has 3 rings (SSSR count). The monoisotopic (exact) mass is 367 g/mol. The number of benzene rings is 2. The SMILES string of the molecule is CC[C@H]1S/C(=N/N=C\c2ccccc2)N(Cc2ccc(OC)cc2)C1=O. The summed E-state index contributed by atoms with van der Waals surface area (Å²) in [5.41, 5.74) is 2.00. The Labute approximate surface area is 157 Å². The van der Waals surface area contributed by atoms with Crippen LogP contribution in [0, 0.1) is 0 Å². The number of carbonyl (C=O) groups is 1. The Balaban J connectivity index is 1.78. The third-order valence-electron chi connectivity index (χ3n) is 4.04. The minimum absolute atomic E-state index is 0.0852. The average Bonchev–Trinajstić information content (AvgIpc) is 2.98. The molecule has 0 aromatic heterocycles. The molecule has 0 N–H and O–H groups in total. The van der Waals surface area contributed by atoms with Crippen molar-refractivity contribution in [2.75, 3.05) is 7.11 Å². The van der Waals surface area contributed by atoms with Crippen LogP contribution in [0.4, 0.5) is 0 Å². The fourth-order valence-electron chi connectivity index (χ4n) is 2.59. The third-order valence-corrected chi connectivity index (χ3v) is 5.37. The lowest BCUT2D eigenvalue weighted by atomic mass is 10.2. The number of nitrogens with zero attached hydrogens (tertiary/aromatic N) is 3. The summed E-state index contributed by atoms with van der Waals surface area (Å²) in [7, 11) is 1.64. The van der Waals surface area contributed by atoms with E-state index in [2.05, 4.69) is 10.2 Å². The van der Waals surface area contributed by atoms with Crippen molar-refractivity contribution >= 4 is 29.1 Å². The van der Waals surface area contributed by atoms with Gasteiger partial charge in [-0.1, -0.05) is 61.2 Å². The second kappa shape index (κ2) is 8.67. The summed E-state index contributed by atoms with van der Waals surface area (Å²) >= 11 is 1.48. The molecule has 5 nitrogen and oxygen atoms in total. The third kappa shape index (κ3) is 4.32. The predicted octanol–water partition coefficient (Wildman–Crippen LogP) is 3.94. The number of ether oxygens (including phenoxy) is 1. The van der Waals surface area contributed by atoms with E-state index in [0.717, 1.165) is 23.3 Å². The first kappa shape index (κ1) is 18.2. The van der Waals surface area contributed by atoms with E-state index in [9.17, 15) is 4.79 Å². The maximum absolute atomic E-state index is 12.7. The van der Waals surface area contributed by atoms with Gasteiger partial charge >= 0.3 is 0 Å². The lowest BCUT2D eigenvalue weighted by molar-refractivity contribution is -0.126. The molecule has 1 atom stereocenters. The maximum atomic E-state index is 12.7. The Morgan fingerprint density at radius 1 is 1.15 bits per heavy atom. The molecule has 2 aromatic rings.